The van der Waals surface area contributed by atoms with Gasteiger partial charge in [-0.15, -0.1) is 13.2 Å². The Morgan fingerprint density at radius 1 is 1.19 bits per heavy atom. The molecule has 0 atom stereocenters. The lowest BCUT2D eigenvalue weighted by molar-refractivity contribution is -0.274. The predicted octanol–water partition coefficient (Wildman–Crippen LogP) is 2.69. The number of carboxylic acid groups (broad SMARTS) is 1. The van der Waals surface area contributed by atoms with E-state index >= 15 is 0 Å². The summed E-state index contributed by atoms with van der Waals surface area (Å²) in [7, 11) is 1.97. The fourth-order valence-electron chi connectivity index (χ4n) is 1.61. The number of carbonyl (C=O) groups excluding carboxylic acids is 2. The van der Waals surface area contributed by atoms with Gasteiger partial charge in [-0.1, -0.05) is 0 Å². The van der Waals surface area contributed by atoms with Crippen LogP contribution in [0.5, 0.6) is 5.75 Å². The molecule has 26 heavy (non-hydrogen) atoms. The number of esters is 2. The minimum Gasteiger partial charge on any atom is -0.478 e. The summed E-state index contributed by atoms with van der Waals surface area (Å²) in [5.41, 5.74) is -1.59. The summed E-state index contributed by atoms with van der Waals surface area (Å²) in [6.45, 7) is 0. The van der Waals surface area contributed by atoms with Crippen molar-refractivity contribution in [3.05, 3.63) is 33.9 Å². The van der Waals surface area contributed by atoms with E-state index in [4.69, 9.17) is 5.11 Å². The van der Waals surface area contributed by atoms with Gasteiger partial charge in [0.25, 0.3) is 0 Å². The van der Waals surface area contributed by atoms with Gasteiger partial charge in [0, 0.05) is 0 Å². The summed E-state index contributed by atoms with van der Waals surface area (Å²) < 4.78 is 50.1. The zero-order chi connectivity index (χ0) is 20.1. The summed E-state index contributed by atoms with van der Waals surface area (Å²) >= 11 is 2.77. The second kappa shape index (κ2) is 8.56. The summed E-state index contributed by atoms with van der Waals surface area (Å²) in [6, 6.07) is 1.65. The second-order valence-electron chi connectivity index (χ2n) is 4.39. The van der Waals surface area contributed by atoms with Crippen LogP contribution in [0.15, 0.2) is 28.4 Å². The molecular formula is C14H11BrF3NO7. The standard InChI is InChI=1S/C14H11BrF3NO7/c1-24-10(20)5-9(13(23)25-2)19-8-4-6(12(21)22)3-7(15)11(8)26-14(16,17)18/h3-5,19H,1-2H3,(H,21,22)/b9-5+. The Morgan fingerprint density at radius 2 is 1.81 bits per heavy atom. The van der Waals surface area contributed by atoms with Crippen molar-refractivity contribution in [3.63, 3.8) is 0 Å². The predicted molar refractivity (Wildman–Crippen MR) is 83.5 cm³/mol. The number of halogens is 4. The lowest BCUT2D eigenvalue weighted by atomic mass is 10.1. The number of aromatic carboxylic acids is 1. The fraction of sp³-hybridized carbons (Fsp3) is 0.214. The Balaban J connectivity index is 3.50. The van der Waals surface area contributed by atoms with Gasteiger partial charge < -0.3 is 24.6 Å². The van der Waals surface area contributed by atoms with Crippen LogP contribution in [0, 0.1) is 0 Å². The molecule has 0 aromatic heterocycles. The number of anilines is 1. The molecule has 0 aliphatic carbocycles. The van der Waals surface area contributed by atoms with E-state index in [0.29, 0.717) is 6.08 Å². The topological polar surface area (TPSA) is 111 Å². The minimum atomic E-state index is -5.11. The lowest BCUT2D eigenvalue weighted by Gasteiger charge is -2.17. The Labute approximate surface area is 152 Å². The Bertz CT molecular complexity index is 762. The highest BCUT2D eigenvalue weighted by Crippen LogP contribution is 2.39. The number of nitrogens with one attached hydrogen (secondary N) is 1. The van der Waals surface area contributed by atoms with E-state index in [-0.39, 0.29) is 4.47 Å². The number of alkyl halides is 3. The number of carboxylic acids is 1. The molecule has 2 N–H and O–H groups in total. The highest BCUT2D eigenvalue weighted by atomic mass is 79.9. The van der Waals surface area contributed by atoms with Crippen molar-refractivity contribution in [1.29, 1.82) is 0 Å². The Hall–Kier alpha value is -2.76. The maximum Gasteiger partial charge on any atom is 0.573 e. The van der Waals surface area contributed by atoms with Crippen molar-refractivity contribution in [2.24, 2.45) is 0 Å². The van der Waals surface area contributed by atoms with Gasteiger partial charge in [0.1, 0.15) is 5.70 Å². The van der Waals surface area contributed by atoms with E-state index in [2.05, 4.69) is 35.5 Å². The first-order valence-corrected chi connectivity index (χ1v) is 7.25. The summed E-state index contributed by atoms with van der Waals surface area (Å²) in [5, 5.41) is 11.2. The average molecular weight is 442 g/mol. The van der Waals surface area contributed by atoms with E-state index in [1.165, 1.54) is 0 Å². The first-order valence-electron chi connectivity index (χ1n) is 6.46. The number of methoxy groups -OCH3 is 2. The van der Waals surface area contributed by atoms with Crippen LogP contribution in [0.1, 0.15) is 10.4 Å². The number of hydrogen-bond acceptors (Lipinski definition) is 7. The average Bonchev–Trinajstić information content (AvgIpc) is 2.54. The normalized spacial score (nSPS) is 11.5. The fourth-order valence-corrected chi connectivity index (χ4v) is 2.15. The maximum absolute atomic E-state index is 12.6. The van der Waals surface area contributed by atoms with Gasteiger partial charge in [-0.05, 0) is 28.1 Å². The van der Waals surface area contributed by atoms with Crippen LogP contribution in [0.3, 0.4) is 0 Å². The Morgan fingerprint density at radius 3 is 2.27 bits per heavy atom. The molecule has 0 unspecified atom stereocenters. The van der Waals surface area contributed by atoms with Crippen LogP contribution in [0.25, 0.3) is 0 Å². The third kappa shape index (κ3) is 5.95. The van der Waals surface area contributed by atoms with Gasteiger partial charge in [-0.25, -0.2) is 14.4 Å². The van der Waals surface area contributed by atoms with Crippen molar-refractivity contribution < 1.29 is 46.9 Å². The highest BCUT2D eigenvalue weighted by Gasteiger charge is 2.34. The monoisotopic (exact) mass is 441 g/mol. The quantitative estimate of drug-likeness (QED) is 0.511. The van der Waals surface area contributed by atoms with E-state index in [9.17, 15) is 27.6 Å². The van der Waals surface area contributed by atoms with Crippen molar-refractivity contribution in [3.8, 4) is 5.75 Å². The molecule has 0 spiro atoms. The van der Waals surface area contributed by atoms with Gasteiger partial charge in [-0.2, -0.15) is 0 Å². The number of hydrogen-bond donors (Lipinski definition) is 2. The molecule has 12 heteroatoms. The molecule has 1 rings (SSSR count). The molecule has 0 heterocycles. The maximum atomic E-state index is 12.6. The molecule has 1 aromatic rings. The van der Waals surface area contributed by atoms with E-state index in [0.717, 1.165) is 26.4 Å². The van der Waals surface area contributed by atoms with Crippen LogP contribution in [0.2, 0.25) is 0 Å². The van der Waals surface area contributed by atoms with Crippen LogP contribution in [-0.2, 0) is 19.1 Å². The van der Waals surface area contributed by atoms with Gasteiger partial charge >= 0.3 is 24.3 Å². The van der Waals surface area contributed by atoms with Crippen LogP contribution in [-0.4, -0.2) is 43.6 Å². The van der Waals surface area contributed by atoms with Gasteiger partial charge in [-0.3, -0.25) is 0 Å². The van der Waals surface area contributed by atoms with Crippen molar-refractivity contribution >= 4 is 39.5 Å². The molecule has 8 nitrogen and oxygen atoms in total. The molecule has 1 aromatic carbocycles. The number of carbonyl (C=O) groups is 3. The molecule has 0 aliphatic rings. The van der Waals surface area contributed by atoms with Crippen molar-refractivity contribution in [2.75, 3.05) is 19.5 Å². The summed E-state index contributed by atoms with van der Waals surface area (Å²) in [6.07, 6.45) is -4.49. The zero-order valence-corrected chi connectivity index (χ0v) is 14.7. The van der Waals surface area contributed by atoms with Crippen molar-refractivity contribution in [2.45, 2.75) is 6.36 Å². The molecule has 142 valence electrons. The van der Waals surface area contributed by atoms with Gasteiger partial charge in [0.2, 0.25) is 0 Å². The number of rotatable bonds is 6. The first kappa shape index (κ1) is 21.3. The van der Waals surface area contributed by atoms with E-state index in [1.807, 2.05) is 0 Å². The SMILES string of the molecule is COC(=O)/C=C(/Nc1cc(C(=O)O)cc(Br)c1OC(F)(F)F)C(=O)OC. The van der Waals surface area contributed by atoms with Gasteiger partial charge in [0.15, 0.2) is 5.75 Å². The molecule has 0 bridgehead atoms. The molecule has 0 fully saturated rings. The number of ether oxygens (including phenoxy) is 3. The lowest BCUT2D eigenvalue weighted by Crippen LogP contribution is -2.20. The molecule has 0 saturated carbocycles. The molecule has 0 radical (unpaired) electrons. The summed E-state index contributed by atoms with van der Waals surface area (Å²) in [5.74, 6) is -4.44. The third-order valence-electron chi connectivity index (χ3n) is 2.65. The van der Waals surface area contributed by atoms with Crippen LogP contribution in [0.4, 0.5) is 18.9 Å². The molecule has 0 aliphatic heterocycles. The second-order valence-corrected chi connectivity index (χ2v) is 5.24. The third-order valence-corrected chi connectivity index (χ3v) is 3.24. The number of benzene rings is 1. The van der Waals surface area contributed by atoms with Gasteiger partial charge in [0.05, 0.1) is 36.0 Å². The van der Waals surface area contributed by atoms with Crippen LogP contribution < -0.4 is 10.1 Å². The largest absolute Gasteiger partial charge is 0.573 e. The minimum absolute atomic E-state index is 0.362. The van der Waals surface area contributed by atoms with Crippen LogP contribution >= 0.6 is 15.9 Å². The highest BCUT2D eigenvalue weighted by molar-refractivity contribution is 9.10. The van der Waals surface area contributed by atoms with Crippen molar-refractivity contribution in [1.82, 2.24) is 0 Å². The molecule has 0 amide bonds. The Kier molecular flexibility index (Phi) is 7.01. The zero-order valence-electron chi connectivity index (χ0n) is 13.1. The first-order chi connectivity index (χ1) is 12.0. The molecule has 0 saturated heterocycles. The molecular weight excluding hydrogens is 431 g/mol. The van der Waals surface area contributed by atoms with E-state index < -0.39 is 47.0 Å². The smallest absolute Gasteiger partial charge is 0.478 e. The van der Waals surface area contributed by atoms with E-state index in [1.54, 1.807) is 0 Å². The summed E-state index contributed by atoms with van der Waals surface area (Å²) in [4.78, 5) is 34.2.